The van der Waals surface area contributed by atoms with Crippen LogP contribution in [0.4, 0.5) is 0 Å². The van der Waals surface area contributed by atoms with Gasteiger partial charge in [0, 0.05) is 22.8 Å². The number of hydrogen-bond acceptors (Lipinski definition) is 4. The van der Waals surface area contributed by atoms with Crippen LogP contribution >= 0.6 is 15.9 Å². The predicted octanol–water partition coefficient (Wildman–Crippen LogP) is 2.09. The first-order valence-corrected chi connectivity index (χ1v) is 9.27. The average molecular weight is 416 g/mol. The molecule has 1 unspecified atom stereocenters. The van der Waals surface area contributed by atoms with Crippen molar-refractivity contribution in [2.24, 2.45) is 7.05 Å². The van der Waals surface area contributed by atoms with Gasteiger partial charge in [-0.3, -0.25) is 18.8 Å². The molecule has 2 aromatic heterocycles. The van der Waals surface area contributed by atoms with Crippen LogP contribution < -0.4 is 10.9 Å². The largest absolute Gasteiger partial charge is 0.348 e. The molecule has 1 aliphatic carbocycles. The first kappa shape index (κ1) is 17.0. The van der Waals surface area contributed by atoms with E-state index in [-0.39, 0.29) is 24.1 Å². The molecular weight excluding hydrogens is 398 g/mol. The SMILES string of the molecule is Cn1ncc2c1CCCC2NC(=O)Cn1cnc2ccc(Br)cc2c1=O. The Morgan fingerprint density at radius 2 is 2.27 bits per heavy atom. The Balaban J connectivity index is 1.55. The van der Waals surface area contributed by atoms with Crippen molar-refractivity contribution in [3.63, 3.8) is 0 Å². The number of nitrogens with zero attached hydrogens (tertiary/aromatic N) is 4. The van der Waals surface area contributed by atoms with Crippen LogP contribution in [0.2, 0.25) is 0 Å². The highest BCUT2D eigenvalue weighted by molar-refractivity contribution is 9.10. The fourth-order valence-electron chi connectivity index (χ4n) is 3.49. The normalized spacial score (nSPS) is 16.5. The summed E-state index contributed by atoms with van der Waals surface area (Å²) in [7, 11) is 1.92. The summed E-state index contributed by atoms with van der Waals surface area (Å²) in [6.45, 7) is -0.0552. The van der Waals surface area contributed by atoms with Crippen molar-refractivity contribution in [3.8, 4) is 0 Å². The Morgan fingerprint density at radius 3 is 3.12 bits per heavy atom. The number of fused-ring (bicyclic) bond motifs is 2. The number of benzene rings is 1. The quantitative estimate of drug-likeness (QED) is 0.709. The molecule has 134 valence electrons. The Labute approximate surface area is 158 Å². The van der Waals surface area contributed by atoms with E-state index in [2.05, 4.69) is 31.3 Å². The lowest BCUT2D eigenvalue weighted by Gasteiger charge is -2.24. The molecule has 8 heteroatoms. The second kappa shape index (κ2) is 6.68. The lowest BCUT2D eigenvalue weighted by Crippen LogP contribution is -2.36. The second-order valence-electron chi connectivity index (χ2n) is 6.52. The lowest BCUT2D eigenvalue weighted by molar-refractivity contribution is -0.122. The first-order chi connectivity index (χ1) is 12.5. The van der Waals surface area contributed by atoms with Crippen LogP contribution in [0.25, 0.3) is 10.9 Å². The number of aromatic nitrogens is 4. The van der Waals surface area contributed by atoms with Crippen LogP contribution in [0.15, 0.2) is 40.0 Å². The van der Waals surface area contributed by atoms with Crippen LogP contribution in [0, 0.1) is 0 Å². The van der Waals surface area contributed by atoms with Gasteiger partial charge in [0.15, 0.2) is 0 Å². The van der Waals surface area contributed by atoms with Crippen molar-refractivity contribution in [2.75, 3.05) is 0 Å². The molecule has 7 nitrogen and oxygen atoms in total. The summed E-state index contributed by atoms with van der Waals surface area (Å²) in [5.41, 5.74) is 2.62. The minimum Gasteiger partial charge on any atom is -0.348 e. The molecule has 2 heterocycles. The summed E-state index contributed by atoms with van der Waals surface area (Å²) in [4.78, 5) is 29.4. The monoisotopic (exact) mass is 415 g/mol. The number of halogens is 1. The molecule has 0 saturated heterocycles. The molecule has 26 heavy (non-hydrogen) atoms. The molecule has 0 fully saturated rings. The maximum atomic E-state index is 12.6. The van der Waals surface area contributed by atoms with E-state index >= 15 is 0 Å². The van der Waals surface area contributed by atoms with Crippen molar-refractivity contribution in [1.82, 2.24) is 24.6 Å². The van der Waals surface area contributed by atoms with E-state index in [1.165, 1.54) is 10.9 Å². The van der Waals surface area contributed by atoms with Gasteiger partial charge in [0.1, 0.15) is 6.54 Å². The zero-order chi connectivity index (χ0) is 18.3. The predicted molar refractivity (Wildman–Crippen MR) is 101 cm³/mol. The topological polar surface area (TPSA) is 81.8 Å². The van der Waals surface area contributed by atoms with Crippen LogP contribution in [-0.4, -0.2) is 25.2 Å². The van der Waals surface area contributed by atoms with Gasteiger partial charge in [-0.2, -0.15) is 5.10 Å². The maximum Gasteiger partial charge on any atom is 0.261 e. The number of aryl methyl sites for hydroxylation is 1. The van der Waals surface area contributed by atoms with Crippen LogP contribution in [0.1, 0.15) is 30.1 Å². The highest BCUT2D eigenvalue weighted by atomic mass is 79.9. The molecule has 0 bridgehead atoms. The molecule has 1 aromatic carbocycles. The summed E-state index contributed by atoms with van der Waals surface area (Å²) in [6, 6.07) is 5.28. The molecule has 0 saturated carbocycles. The van der Waals surface area contributed by atoms with Crippen LogP contribution in [0.3, 0.4) is 0 Å². The summed E-state index contributed by atoms with van der Waals surface area (Å²) in [5, 5.41) is 7.81. The molecule has 1 amide bonds. The van der Waals surface area contributed by atoms with E-state index < -0.39 is 0 Å². The Hall–Kier alpha value is -2.48. The van der Waals surface area contributed by atoms with Gasteiger partial charge in [-0.15, -0.1) is 0 Å². The number of rotatable bonds is 3. The van der Waals surface area contributed by atoms with Crippen LogP contribution in [0.5, 0.6) is 0 Å². The molecule has 0 radical (unpaired) electrons. The van der Waals surface area contributed by atoms with E-state index in [9.17, 15) is 9.59 Å². The molecule has 0 aliphatic heterocycles. The molecule has 0 spiro atoms. The Kier molecular flexibility index (Phi) is 4.36. The second-order valence-corrected chi connectivity index (χ2v) is 7.44. The summed E-state index contributed by atoms with van der Waals surface area (Å²) >= 11 is 3.36. The molecule has 1 aliphatic rings. The summed E-state index contributed by atoms with van der Waals surface area (Å²) in [6.07, 6.45) is 6.10. The van der Waals surface area contributed by atoms with E-state index in [0.29, 0.717) is 10.9 Å². The first-order valence-electron chi connectivity index (χ1n) is 8.48. The van der Waals surface area contributed by atoms with Crippen molar-refractivity contribution >= 4 is 32.7 Å². The summed E-state index contributed by atoms with van der Waals surface area (Å²) in [5.74, 6) is -0.204. The van der Waals surface area contributed by atoms with E-state index in [0.717, 1.165) is 35.0 Å². The number of amides is 1. The van der Waals surface area contributed by atoms with E-state index in [1.54, 1.807) is 12.1 Å². The Bertz CT molecular complexity index is 1060. The van der Waals surface area contributed by atoms with Crippen LogP contribution in [-0.2, 0) is 24.8 Å². The lowest BCUT2D eigenvalue weighted by atomic mass is 9.93. The number of hydrogen-bond donors (Lipinski definition) is 1. The van der Waals surface area contributed by atoms with Gasteiger partial charge in [0.05, 0.1) is 29.5 Å². The van der Waals surface area contributed by atoms with E-state index in [1.807, 2.05) is 24.0 Å². The Morgan fingerprint density at radius 1 is 1.42 bits per heavy atom. The molecule has 4 rings (SSSR count). The third-order valence-electron chi connectivity index (χ3n) is 4.81. The maximum absolute atomic E-state index is 12.6. The van der Waals surface area contributed by atoms with Crippen molar-refractivity contribution in [1.29, 1.82) is 0 Å². The molecular formula is C18H18BrN5O2. The van der Waals surface area contributed by atoms with Gasteiger partial charge in [-0.05, 0) is 37.5 Å². The fourth-order valence-corrected chi connectivity index (χ4v) is 3.86. The van der Waals surface area contributed by atoms with Gasteiger partial charge >= 0.3 is 0 Å². The summed E-state index contributed by atoms with van der Waals surface area (Å²) < 4.78 is 4.01. The number of carbonyl (C=O) groups is 1. The van der Waals surface area contributed by atoms with Gasteiger partial charge in [-0.25, -0.2) is 4.98 Å². The third kappa shape index (κ3) is 3.05. The molecule has 1 N–H and O–H groups in total. The average Bonchev–Trinajstić information content (AvgIpc) is 3.00. The molecule has 1 atom stereocenters. The van der Waals surface area contributed by atoms with E-state index in [4.69, 9.17) is 0 Å². The highest BCUT2D eigenvalue weighted by Crippen LogP contribution is 2.29. The zero-order valence-corrected chi connectivity index (χ0v) is 15.9. The smallest absolute Gasteiger partial charge is 0.261 e. The van der Waals surface area contributed by atoms with Gasteiger partial charge in [0.2, 0.25) is 5.91 Å². The van der Waals surface area contributed by atoms with Gasteiger partial charge in [0.25, 0.3) is 5.56 Å². The van der Waals surface area contributed by atoms with Gasteiger partial charge in [-0.1, -0.05) is 15.9 Å². The van der Waals surface area contributed by atoms with Gasteiger partial charge < -0.3 is 5.32 Å². The van der Waals surface area contributed by atoms with Crippen molar-refractivity contribution in [2.45, 2.75) is 31.8 Å². The fraction of sp³-hybridized carbons (Fsp3) is 0.333. The standard InChI is InChI=1S/C18H18BrN5O2/c1-23-16-4-2-3-15(13(16)8-21-23)22-17(25)9-24-10-20-14-6-5-11(19)7-12(14)18(24)26/h5-8,10,15H,2-4,9H2,1H3,(H,22,25). The third-order valence-corrected chi connectivity index (χ3v) is 5.30. The highest BCUT2D eigenvalue weighted by Gasteiger charge is 2.24. The molecule has 3 aromatic rings. The zero-order valence-electron chi connectivity index (χ0n) is 14.3. The minimum atomic E-state index is -0.225. The number of carbonyl (C=O) groups excluding carboxylic acids is 1. The van der Waals surface area contributed by atoms with Crippen molar-refractivity contribution < 1.29 is 4.79 Å². The minimum absolute atomic E-state index is 0.0552. The number of nitrogens with one attached hydrogen (secondary N) is 1. The van der Waals surface area contributed by atoms with Crippen molar-refractivity contribution in [3.05, 3.63) is 56.8 Å².